The number of aliphatic hydroxyl groups excluding tert-OH is 1. The lowest BCUT2D eigenvalue weighted by Gasteiger charge is -2.37. The molecule has 0 radical (unpaired) electrons. The van der Waals surface area contributed by atoms with Crippen molar-refractivity contribution in [1.82, 2.24) is 24.3 Å². The summed E-state index contributed by atoms with van der Waals surface area (Å²) in [6, 6.07) is 0.696. The first-order valence-corrected chi connectivity index (χ1v) is 14.7. The molecule has 2 aliphatic heterocycles. The predicted octanol–water partition coefficient (Wildman–Crippen LogP) is 4.56. The van der Waals surface area contributed by atoms with E-state index in [0.717, 1.165) is 101 Å². The van der Waals surface area contributed by atoms with Gasteiger partial charge in [0.1, 0.15) is 5.65 Å². The summed E-state index contributed by atoms with van der Waals surface area (Å²) in [6.07, 6.45) is 14.2. The zero-order valence-corrected chi connectivity index (χ0v) is 23.0. The van der Waals surface area contributed by atoms with Crippen molar-refractivity contribution in [2.24, 2.45) is 5.92 Å². The largest absolute Gasteiger partial charge is 0.393 e. The van der Waals surface area contributed by atoms with Crippen LogP contribution < -0.4 is 5.32 Å². The molecule has 3 aliphatic rings. The molecular formula is C29H46N6O2. The number of amides is 1. The van der Waals surface area contributed by atoms with Gasteiger partial charge in [-0.1, -0.05) is 13.3 Å². The highest BCUT2D eigenvalue weighted by Gasteiger charge is 2.33. The highest BCUT2D eigenvalue weighted by Crippen LogP contribution is 2.38. The number of nitrogens with zero attached hydrogens (tertiary/aromatic N) is 5. The number of anilines is 1. The minimum Gasteiger partial charge on any atom is -0.393 e. The second kappa shape index (κ2) is 11.7. The Morgan fingerprint density at radius 1 is 1.14 bits per heavy atom. The molecule has 204 valence electrons. The van der Waals surface area contributed by atoms with Gasteiger partial charge in [-0.15, -0.1) is 0 Å². The number of likely N-dealkylation sites (tertiary alicyclic amines) is 2. The van der Waals surface area contributed by atoms with Crippen LogP contribution in [0.2, 0.25) is 0 Å². The molecule has 2 aromatic rings. The number of aromatic nitrogens is 3. The number of hydrogen-bond acceptors (Lipinski definition) is 6. The van der Waals surface area contributed by atoms with Crippen LogP contribution in [-0.4, -0.2) is 80.7 Å². The Bertz CT molecular complexity index is 1050. The molecule has 37 heavy (non-hydrogen) atoms. The number of carbonyl (C=O) groups excluding carboxylic acids is 1. The van der Waals surface area contributed by atoms with E-state index >= 15 is 0 Å². The third kappa shape index (κ3) is 5.95. The van der Waals surface area contributed by atoms with E-state index in [1.807, 2.05) is 6.20 Å². The monoisotopic (exact) mass is 510 g/mol. The minimum atomic E-state index is -0.176. The molecule has 2 saturated heterocycles. The molecule has 1 amide bonds. The number of nitrogens with one attached hydrogen (secondary N) is 1. The van der Waals surface area contributed by atoms with Gasteiger partial charge in [-0.2, -0.15) is 4.98 Å². The number of carbonyl (C=O) groups is 1. The van der Waals surface area contributed by atoms with E-state index < -0.39 is 0 Å². The molecular weight excluding hydrogens is 464 g/mol. The maximum atomic E-state index is 13.2. The normalized spacial score (nSPS) is 26.9. The first-order valence-electron chi connectivity index (χ1n) is 14.7. The van der Waals surface area contributed by atoms with E-state index in [1.54, 1.807) is 0 Å². The summed E-state index contributed by atoms with van der Waals surface area (Å²) >= 11 is 0. The van der Waals surface area contributed by atoms with Crippen molar-refractivity contribution in [3.63, 3.8) is 0 Å². The van der Waals surface area contributed by atoms with Gasteiger partial charge in [0.2, 0.25) is 11.9 Å². The Hall–Kier alpha value is -2.19. The van der Waals surface area contributed by atoms with Crippen molar-refractivity contribution in [3.8, 4) is 0 Å². The van der Waals surface area contributed by atoms with Crippen LogP contribution in [0.15, 0.2) is 12.4 Å². The van der Waals surface area contributed by atoms with Gasteiger partial charge in [0.05, 0.1) is 12.0 Å². The van der Waals surface area contributed by atoms with Gasteiger partial charge in [-0.25, -0.2) is 4.98 Å². The summed E-state index contributed by atoms with van der Waals surface area (Å²) in [7, 11) is 2.13. The van der Waals surface area contributed by atoms with Gasteiger partial charge in [0.25, 0.3) is 0 Å². The summed E-state index contributed by atoms with van der Waals surface area (Å²) in [6.45, 7) is 8.05. The summed E-state index contributed by atoms with van der Waals surface area (Å²) in [5.41, 5.74) is 2.35. The van der Waals surface area contributed by atoms with Crippen molar-refractivity contribution in [2.45, 2.75) is 102 Å². The van der Waals surface area contributed by atoms with E-state index in [4.69, 9.17) is 9.97 Å². The molecule has 0 bridgehead atoms. The van der Waals surface area contributed by atoms with Crippen LogP contribution in [0.4, 0.5) is 5.95 Å². The lowest BCUT2D eigenvalue weighted by Crippen LogP contribution is -2.46. The molecule has 0 unspecified atom stereocenters. The van der Waals surface area contributed by atoms with Gasteiger partial charge in [-0.3, -0.25) is 4.79 Å². The van der Waals surface area contributed by atoms with Crippen LogP contribution in [0.25, 0.3) is 11.0 Å². The molecule has 0 aromatic carbocycles. The lowest BCUT2D eigenvalue weighted by atomic mass is 9.88. The van der Waals surface area contributed by atoms with Gasteiger partial charge >= 0.3 is 0 Å². The lowest BCUT2D eigenvalue weighted by molar-refractivity contribution is -0.138. The van der Waals surface area contributed by atoms with E-state index in [2.05, 4.69) is 46.8 Å². The molecule has 5 rings (SSSR count). The topological polar surface area (TPSA) is 86.5 Å². The zero-order valence-electron chi connectivity index (χ0n) is 23.0. The van der Waals surface area contributed by atoms with Crippen molar-refractivity contribution in [3.05, 3.63) is 18.0 Å². The molecule has 2 N–H and O–H groups in total. The second-order valence-electron chi connectivity index (χ2n) is 11.9. The summed E-state index contributed by atoms with van der Waals surface area (Å²) in [4.78, 5) is 27.4. The van der Waals surface area contributed by atoms with Crippen LogP contribution >= 0.6 is 0 Å². The number of fused-ring (bicyclic) bond motifs is 1. The number of hydrogen-bond donors (Lipinski definition) is 2. The number of rotatable bonds is 7. The fourth-order valence-corrected chi connectivity index (χ4v) is 6.83. The molecule has 2 atom stereocenters. The fraction of sp³-hybridized carbons (Fsp3) is 0.759. The van der Waals surface area contributed by atoms with Crippen molar-refractivity contribution >= 4 is 22.9 Å². The zero-order chi connectivity index (χ0) is 25.9. The third-order valence-electron chi connectivity index (χ3n) is 8.98. The molecule has 4 heterocycles. The van der Waals surface area contributed by atoms with Crippen LogP contribution in [0, 0.1) is 5.92 Å². The molecule has 8 nitrogen and oxygen atoms in total. The number of aliphatic hydroxyl groups is 1. The standard InChI is InChI=1S/C29H46N6O2/c1-4-6-20(2)31-29-30-17-25-26(19-35(27(25)32-29)23-8-10-24(36)11-9-23)21-12-15-34(16-13-21)28(37)22-7-5-14-33(3)18-22/h17,19-24,36H,4-16,18H2,1-3H3,(H,30,31,32)/t20-,22-,23?,24?/m0/s1. The van der Waals surface area contributed by atoms with Crippen LogP contribution in [0.5, 0.6) is 0 Å². The molecule has 2 aromatic heterocycles. The van der Waals surface area contributed by atoms with Gasteiger partial charge < -0.3 is 24.8 Å². The van der Waals surface area contributed by atoms with E-state index in [0.29, 0.717) is 29.9 Å². The van der Waals surface area contributed by atoms with Gasteiger partial charge in [0.15, 0.2) is 0 Å². The first kappa shape index (κ1) is 26.4. The van der Waals surface area contributed by atoms with Crippen LogP contribution in [0.1, 0.15) is 95.6 Å². The highest BCUT2D eigenvalue weighted by atomic mass is 16.3. The summed E-state index contributed by atoms with van der Waals surface area (Å²) < 4.78 is 2.38. The smallest absolute Gasteiger partial charge is 0.226 e. The average Bonchev–Trinajstić information content (AvgIpc) is 3.28. The molecule has 3 fully saturated rings. The van der Waals surface area contributed by atoms with Gasteiger partial charge in [-0.05, 0) is 89.8 Å². The maximum absolute atomic E-state index is 13.2. The maximum Gasteiger partial charge on any atom is 0.226 e. The highest BCUT2D eigenvalue weighted by molar-refractivity contribution is 5.82. The average molecular weight is 511 g/mol. The van der Waals surface area contributed by atoms with E-state index in [-0.39, 0.29) is 12.0 Å². The van der Waals surface area contributed by atoms with Crippen molar-refractivity contribution in [1.29, 1.82) is 0 Å². The predicted molar refractivity (Wildman–Crippen MR) is 148 cm³/mol. The minimum absolute atomic E-state index is 0.160. The molecule has 1 aliphatic carbocycles. The Labute approximate surface area is 221 Å². The van der Waals surface area contributed by atoms with Crippen molar-refractivity contribution in [2.75, 3.05) is 38.5 Å². The first-order chi connectivity index (χ1) is 17.9. The van der Waals surface area contributed by atoms with E-state index in [9.17, 15) is 9.90 Å². The molecule has 8 heteroatoms. The summed E-state index contributed by atoms with van der Waals surface area (Å²) in [5, 5.41) is 14.7. The third-order valence-corrected chi connectivity index (χ3v) is 8.98. The number of piperidine rings is 2. The van der Waals surface area contributed by atoms with Crippen LogP contribution in [0.3, 0.4) is 0 Å². The SMILES string of the molecule is CCC[C@H](C)Nc1ncc2c(C3CCN(C(=O)[C@H]4CCCN(C)C4)CC3)cn(C3CCC(O)CC3)c2n1. The Morgan fingerprint density at radius 3 is 2.59 bits per heavy atom. The Morgan fingerprint density at radius 2 is 1.89 bits per heavy atom. The summed E-state index contributed by atoms with van der Waals surface area (Å²) in [5.74, 6) is 1.63. The Kier molecular flexibility index (Phi) is 8.34. The van der Waals surface area contributed by atoms with E-state index in [1.165, 1.54) is 5.56 Å². The van der Waals surface area contributed by atoms with Crippen LogP contribution in [-0.2, 0) is 4.79 Å². The molecule has 0 spiro atoms. The fourth-order valence-electron chi connectivity index (χ4n) is 6.83. The quantitative estimate of drug-likeness (QED) is 0.568. The molecule has 1 saturated carbocycles. The Balaban J connectivity index is 1.35. The van der Waals surface area contributed by atoms with Crippen molar-refractivity contribution < 1.29 is 9.90 Å². The van der Waals surface area contributed by atoms with Gasteiger partial charge in [0, 0.05) is 49.5 Å². The second-order valence-corrected chi connectivity index (χ2v) is 11.9.